The van der Waals surface area contributed by atoms with Gasteiger partial charge in [0.05, 0.1) is 6.10 Å². The molecule has 7 nitrogen and oxygen atoms in total. The molecule has 2 rings (SSSR count). The van der Waals surface area contributed by atoms with Crippen molar-refractivity contribution in [2.45, 2.75) is 44.4 Å². The van der Waals surface area contributed by atoms with Gasteiger partial charge < -0.3 is 15.8 Å². The normalized spacial score (nSPS) is 28.5. The Labute approximate surface area is 137 Å². The van der Waals surface area contributed by atoms with Gasteiger partial charge in [-0.05, 0) is 26.7 Å². The summed E-state index contributed by atoms with van der Waals surface area (Å²) in [6.45, 7) is 5.95. The van der Waals surface area contributed by atoms with Gasteiger partial charge in [-0.3, -0.25) is 14.6 Å². The van der Waals surface area contributed by atoms with Gasteiger partial charge in [-0.2, -0.15) is 0 Å². The summed E-state index contributed by atoms with van der Waals surface area (Å²) in [5.41, 5.74) is 5.04. The van der Waals surface area contributed by atoms with Crippen LogP contribution in [0.15, 0.2) is 0 Å². The summed E-state index contributed by atoms with van der Waals surface area (Å²) in [5, 5.41) is 2.70. The van der Waals surface area contributed by atoms with Crippen LogP contribution < -0.4 is 11.1 Å². The van der Waals surface area contributed by atoms with E-state index < -0.39 is 5.54 Å². The second-order valence-corrected chi connectivity index (χ2v) is 6.32. The first-order chi connectivity index (χ1) is 9.89. The third-order valence-electron chi connectivity index (χ3n) is 4.45. The average Bonchev–Trinajstić information content (AvgIpc) is 2.65. The summed E-state index contributed by atoms with van der Waals surface area (Å²) in [4.78, 5) is 27.5. The van der Waals surface area contributed by atoms with E-state index in [-0.39, 0.29) is 36.5 Å². The fraction of sp³-hybridized carbons (Fsp3) is 0.857. The number of amides is 3. The maximum atomic E-state index is 12.1. The summed E-state index contributed by atoms with van der Waals surface area (Å²) in [5.74, 6) is -0.163. The highest BCUT2D eigenvalue weighted by Crippen LogP contribution is 2.20. The fourth-order valence-corrected chi connectivity index (χ4v) is 3.07. The van der Waals surface area contributed by atoms with E-state index in [1.54, 1.807) is 21.0 Å². The van der Waals surface area contributed by atoms with Gasteiger partial charge >= 0.3 is 6.03 Å². The number of carbonyl (C=O) groups excluding carboxylic acids is 2. The molecular weight excluding hydrogens is 308 g/mol. The fourth-order valence-electron chi connectivity index (χ4n) is 3.07. The molecule has 0 spiro atoms. The molecule has 3 N–H and O–H groups in total. The van der Waals surface area contributed by atoms with Gasteiger partial charge in [-0.15, -0.1) is 12.4 Å². The molecule has 0 bridgehead atoms. The molecule has 3 amide bonds. The molecule has 128 valence electrons. The molecule has 22 heavy (non-hydrogen) atoms. The van der Waals surface area contributed by atoms with Crippen molar-refractivity contribution in [2.24, 2.45) is 5.73 Å². The predicted molar refractivity (Wildman–Crippen MR) is 86.0 cm³/mol. The zero-order valence-corrected chi connectivity index (χ0v) is 14.3. The third-order valence-corrected chi connectivity index (χ3v) is 4.45. The van der Waals surface area contributed by atoms with Gasteiger partial charge in [0, 0.05) is 39.3 Å². The topological polar surface area (TPSA) is 87.9 Å². The van der Waals surface area contributed by atoms with Crippen LogP contribution in [0.25, 0.3) is 0 Å². The molecule has 2 saturated heterocycles. The van der Waals surface area contributed by atoms with Gasteiger partial charge in [0.15, 0.2) is 0 Å². The summed E-state index contributed by atoms with van der Waals surface area (Å²) in [6.07, 6.45) is 2.11. The van der Waals surface area contributed by atoms with Crippen molar-refractivity contribution in [1.82, 2.24) is 15.1 Å². The number of imide groups is 1. The lowest BCUT2D eigenvalue weighted by Gasteiger charge is -2.38. The van der Waals surface area contributed by atoms with Crippen molar-refractivity contribution < 1.29 is 14.3 Å². The van der Waals surface area contributed by atoms with Crippen molar-refractivity contribution >= 4 is 24.3 Å². The molecule has 0 radical (unpaired) electrons. The minimum atomic E-state index is -0.798. The molecule has 0 saturated carbocycles. The quantitative estimate of drug-likeness (QED) is 0.700. The Morgan fingerprint density at radius 3 is 2.55 bits per heavy atom. The minimum Gasteiger partial charge on any atom is -0.381 e. The zero-order valence-electron chi connectivity index (χ0n) is 13.5. The minimum absolute atomic E-state index is 0. The van der Waals surface area contributed by atoms with E-state index in [4.69, 9.17) is 10.5 Å². The average molecular weight is 335 g/mol. The number of ether oxygens (including phenoxy) is 1. The van der Waals surface area contributed by atoms with Crippen LogP contribution in [0.5, 0.6) is 0 Å². The maximum absolute atomic E-state index is 12.1. The highest BCUT2D eigenvalue weighted by atomic mass is 35.5. The number of hydrogen-bond donors (Lipinski definition) is 2. The number of methoxy groups -OCH3 is 1. The molecule has 2 aliphatic heterocycles. The molecule has 2 fully saturated rings. The zero-order chi connectivity index (χ0) is 15.6. The van der Waals surface area contributed by atoms with Gasteiger partial charge in [-0.1, -0.05) is 0 Å². The Morgan fingerprint density at radius 2 is 2.05 bits per heavy atom. The molecule has 2 aliphatic rings. The van der Waals surface area contributed by atoms with Crippen LogP contribution >= 0.6 is 12.4 Å². The largest absolute Gasteiger partial charge is 0.381 e. The first kappa shape index (κ1) is 19.2. The molecule has 0 aromatic heterocycles. The molecule has 0 aliphatic carbocycles. The molecular formula is C14H27ClN4O3. The van der Waals surface area contributed by atoms with Crippen molar-refractivity contribution in [1.29, 1.82) is 0 Å². The van der Waals surface area contributed by atoms with E-state index in [0.717, 1.165) is 19.4 Å². The summed E-state index contributed by atoms with van der Waals surface area (Å²) < 4.78 is 5.40. The smallest absolute Gasteiger partial charge is 0.325 e. The van der Waals surface area contributed by atoms with E-state index >= 15 is 0 Å². The first-order valence-electron chi connectivity index (χ1n) is 7.50. The lowest BCUT2D eigenvalue weighted by molar-refractivity contribution is -0.130. The Balaban J connectivity index is 0.00000242. The highest BCUT2D eigenvalue weighted by molar-refractivity contribution is 6.06. The van der Waals surface area contributed by atoms with E-state index in [2.05, 4.69) is 10.2 Å². The van der Waals surface area contributed by atoms with Gasteiger partial charge in [-0.25, -0.2) is 4.79 Å². The summed E-state index contributed by atoms with van der Waals surface area (Å²) >= 11 is 0. The first-order valence-corrected chi connectivity index (χ1v) is 7.50. The number of rotatable bonds is 5. The van der Waals surface area contributed by atoms with E-state index in [1.165, 1.54) is 4.90 Å². The third kappa shape index (κ3) is 3.90. The second-order valence-electron chi connectivity index (χ2n) is 6.32. The highest BCUT2D eigenvalue weighted by Gasteiger charge is 2.44. The Bertz CT molecular complexity index is 419. The number of nitrogens with two attached hydrogens (primary N) is 1. The van der Waals surface area contributed by atoms with E-state index in [0.29, 0.717) is 19.6 Å². The van der Waals surface area contributed by atoms with Crippen LogP contribution in [0.2, 0.25) is 0 Å². The van der Waals surface area contributed by atoms with Crippen molar-refractivity contribution in [3.63, 3.8) is 0 Å². The predicted octanol–water partition coefficient (Wildman–Crippen LogP) is 0.177. The monoisotopic (exact) mass is 334 g/mol. The number of nitrogens with zero attached hydrogens (tertiary/aromatic N) is 2. The molecule has 2 unspecified atom stereocenters. The van der Waals surface area contributed by atoms with Crippen LogP contribution in [-0.4, -0.2) is 72.7 Å². The number of nitrogens with one attached hydrogen (secondary N) is 1. The summed E-state index contributed by atoms with van der Waals surface area (Å²) in [6, 6.07) is -0.0569. The Kier molecular flexibility index (Phi) is 6.61. The SMILES string of the molecule is COC1CCN(CCN2C(=O)NC(C)(C)C2=O)C(CN)C1.Cl. The number of halogens is 1. The number of piperidine rings is 1. The van der Waals surface area contributed by atoms with E-state index in [1.807, 2.05) is 0 Å². The van der Waals surface area contributed by atoms with Gasteiger partial charge in [0.2, 0.25) is 0 Å². The van der Waals surface area contributed by atoms with Crippen LogP contribution in [0.4, 0.5) is 4.79 Å². The van der Waals surface area contributed by atoms with Gasteiger partial charge in [0.1, 0.15) is 5.54 Å². The molecule has 0 aromatic rings. The number of likely N-dealkylation sites (tertiary alicyclic amines) is 1. The number of hydrogen-bond acceptors (Lipinski definition) is 5. The lowest BCUT2D eigenvalue weighted by Crippen LogP contribution is -2.51. The number of urea groups is 1. The Hall–Kier alpha value is -0.890. The van der Waals surface area contributed by atoms with Crippen LogP contribution in [0, 0.1) is 0 Å². The molecule has 2 atom stereocenters. The van der Waals surface area contributed by atoms with Crippen LogP contribution in [0.3, 0.4) is 0 Å². The molecule has 0 aromatic carbocycles. The van der Waals surface area contributed by atoms with E-state index in [9.17, 15) is 9.59 Å². The molecule has 8 heteroatoms. The van der Waals surface area contributed by atoms with Crippen LogP contribution in [0.1, 0.15) is 26.7 Å². The Morgan fingerprint density at radius 1 is 1.36 bits per heavy atom. The van der Waals surface area contributed by atoms with Crippen molar-refractivity contribution in [3.05, 3.63) is 0 Å². The van der Waals surface area contributed by atoms with Gasteiger partial charge in [0.25, 0.3) is 5.91 Å². The van der Waals surface area contributed by atoms with Crippen molar-refractivity contribution in [3.8, 4) is 0 Å². The van der Waals surface area contributed by atoms with Crippen LogP contribution in [-0.2, 0) is 9.53 Å². The molecule has 2 heterocycles. The maximum Gasteiger partial charge on any atom is 0.325 e. The number of carbonyl (C=O) groups is 2. The summed E-state index contributed by atoms with van der Waals surface area (Å²) in [7, 11) is 1.73. The lowest BCUT2D eigenvalue weighted by atomic mass is 9.99. The van der Waals surface area contributed by atoms with Crippen molar-refractivity contribution in [2.75, 3.05) is 33.3 Å². The standard InChI is InChI=1S/C14H26N4O3.ClH/c1-14(2)12(19)18(13(20)16-14)7-6-17-5-4-11(21-3)8-10(17)9-15;/h10-11H,4-9,15H2,1-3H3,(H,16,20);1H. The second kappa shape index (κ2) is 7.59.